The zero-order valence-corrected chi connectivity index (χ0v) is 33.8. The van der Waals surface area contributed by atoms with Crippen LogP contribution in [-0.2, 0) is 51.2 Å². The van der Waals surface area contributed by atoms with E-state index in [4.69, 9.17) is 37.9 Å². The summed E-state index contributed by atoms with van der Waals surface area (Å²) in [5.74, 6) is -1.94. The minimum Gasteiger partial charge on any atom is -0.462 e. The molecule has 16 atom stereocenters. The molecule has 22 heteroatoms. The SMILES string of the molecule is CC(C)C[C@@](O)(CC(=O)OCc1ccc(O[C@@H]2O[C@H](CO)[C@@H](O)[C@H](O)[C@H]2O)cc1)C(=O)OCc1ccc(O[C@@H]2O[C@H](CO[C@@H]3O[C@H](CO)[C@@H](O)[C@H](O)[C@H]3O)[C@@H](O)[C@H](O)[C@H]2O)cc1. The molecule has 0 saturated carbocycles. The first-order chi connectivity index (χ1) is 29.3. The van der Waals surface area contributed by atoms with Crippen LogP contribution in [0.4, 0.5) is 0 Å². The Morgan fingerprint density at radius 1 is 0.581 bits per heavy atom. The van der Waals surface area contributed by atoms with E-state index in [2.05, 4.69) is 0 Å². The fourth-order valence-electron chi connectivity index (χ4n) is 6.95. The molecule has 3 heterocycles. The zero-order chi connectivity index (χ0) is 45.5. The van der Waals surface area contributed by atoms with Crippen molar-refractivity contribution in [2.75, 3.05) is 19.8 Å². The van der Waals surface area contributed by atoms with Crippen LogP contribution in [0.1, 0.15) is 37.8 Å². The highest BCUT2D eigenvalue weighted by Crippen LogP contribution is 2.29. The molecule has 348 valence electrons. The molecular formula is C40H56O22. The van der Waals surface area contributed by atoms with Gasteiger partial charge in [-0.25, -0.2) is 4.79 Å². The van der Waals surface area contributed by atoms with Gasteiger partial charge < -0.3 is 99.2 Å². The van der Waals surface area contributed by atoms with E-state index in [-0.39, 0.29) is 37.1 Å². The van der Waals surface area contributed by atoms with E-state index in [1.807, 2.05) is 0 Å². The lowest BCUT2D eigenvalue weighted by atomic mass is 9.89. The molecule has 0 bridgehead atoms. The lowest BCUT2D eigenvalue weighted by Gasteiger charge is -2.42. The van der Waals surface area contributed by atoms with Gasteiger partial charge in [0.05, 0.1) is 26.2 Å². The van der Waals surface area contributed by atoms with Gasteiger partial charge in [0, 0.05) is 0 Å². The molecule has 3 aliphatic heterocycles. The smallest absolute Gasteiger partial charge is 0.339 e. The van der Waals surface area contributed by atoms with Gasteiger partial charge in [-0.2, -0.15) is 0 Å². The second-order valence-electron chi connectivity index (χ2n) is 15.8. The van der Waals surface area contributed by atoms with Gasteiger partial charge in [-0.05, 0) is 47.7 Å². The average Bonchev–Trinajstić information content (AvgIpc) is 3.25. The fourth-order valence-corrected chi connectivity index (χ4v) is 6.95. The van der Waals surface area contributed by atoms with Crippen molar-refractivity contribution in [1.82, 2.24) is 0 Å². The molecule has 2 aromatic rings. The van der Waals surface area contributed by atoms with Crippen LogP contribution in [0, 0.1) is 5.92 Å². The van der Waals surface area contributed by atoms with Crippen LogP contribution in [0.5, 0.6) is 11.5 Å². The maximum absolute atomic E-state index is 13.2. The topological polar surface area (TPSA) is 351 Å². The Balaban J connectivity index is 1.10. The van der Waals surface area contributed by atoms with Gasteiger partial charge in [0.15, 0.2) is 11.9 Å². The summed E-state index contributed by atoms with van der Waals surface area (Å²) in [5, 5.41) is 122. The lowest BCUT2D eigenvalue weighted by molar-refractivity contribution is -0.323. The van der Waals surface area contributed by atoms with Crippen LogP contribution >= 0.6 is 0 Å². The van der Waals surface area contributed by atoms with Crippen molar-refractivity contribution in [3.8, 4) is 11.5 Å². The standard InChI is InChI=1S/C40H56O22/c1-18(2)11-40(54,12-26(43)55-15-19-3-7-21(8-4-19)58-37-34(51)31(48)28(45)24(14-42)61-37)39(53)57-16-20-5-9-22(10-6-20)59-38-35(52)32(49)29(46)25(62-38)17-56-36-33(50)30(47)27(44)23(13-41)60-36/h3-10,18,23-25,27-38,41-42,44-52,54H,11-17H2,1-2H3/t23-,24-,25-,27-,28-,29-,30+,31+,32+,33-,34-,35-,36-,37-,38-,40-/m1/s1. The number of aliphatic hydroxyl groups is 12. The van der Waals surface area contributed by atoms with E-state index in [1.165, 1.54) is 48.5 Å². The van der Waals surface area contributed by atoms with E-state index in [1.54, 1.807) is 13.8 Å². The van der Waals surface area contributed by atoms with Crippen molar-refractivity contribution in [2.45, 2.75) is 138 Å². The van der Waals surface area contributed by atoms with Crippen molar-refractivity contribution < 1.29 is 109 Å². The highest BCUT2D eigenvalue weighted by atomic mass is 16.7. The largest absolute Gasteiger partial charge is 0.462 e. The number of carbonyl (C=O) groups is 2. The Hall–Kier alpha value is -3.66. The van der Waals surface area contributed by atoms with Gasteiger partial charge in [0.25, 0.3) is 0 Å². The van der Waals surface area contributed by atoms with Crippen LogP contribution in [0.25, 0.3) is 0 Å². The van der Waals surface area contributed by atoms with E-state index < -0.39 is 136 Å². The van der Waals surface area contributed by atoms with Crippen LogP contribution in [-0.4, -0.2) is 191 Å². The molecular weight excluding hydrogens is 832 g/mol. The highest BCUT2D eigenvalue weighted by Gasteiger charge is 2.49. The van der Waals surface area contributed by atoms with Crippen molar-refractivity contribution in [3.63, 3.8) is 0 Å². The molecule has 3 saturated heterocycles. The molecule has 3 aliphatic rings. The Labute approximate surface area is 354 Å². The lowest BCUT2D eigenvalue weighted by Crippen LogP contribution is -2.62. The Bertz CT molecular complexity index is 1710. The van der Waals surface area contributed by atoms with Gasteiger partial charge in [-0.3, -0.25) is 4.79 Å². The molecule has 5 rings (SSSR count). The van der Waals surface area contributed by atoms with Crippen molar-refractivity contribution in [3.05, 3.63) is 59.7 Å². The first-order valence-corrected chi connectivity index (χ1v) is 19.8. The van der Waals surface area contributed by atoms with Crippen LogP contribution in [0.2, 0.25) is 0 Å². The van der Waals surface area contributed by atoms with Gasteiger partial charge in [-0.1, -0.05) is 38.1 Å². The Morgan fingerprint density at radius 3 is 1.44 bits per heavy atom. The maximum Gasteiger partial charge on any atom is 0.339 e. The average molecular weight is 889 g/mol. The van der Waals surface area contributed by atoms with E-state index in [0.717, 1.165) is 0 Å². The summed E-state index contributed by atoms with van der Waals surface area (Å²) < 4.78 is 43.6. The molecule has 0 aliphatic carbocycles. The summed E-state index contributed by atoms with van der Waals surface area (Å²) in [7, 11) is 0. The summed E-state index contributed by atoms with van der Waals surface area (Å²) in [4.78, 5) is 26.1. The molecule has 0 spiro atoms. The van der Waals surface area contributed by atoms with Gasteiger partial charge in [0.1, 0.15) is 98.0 Å². The normalized spacial score (nSPS) is 34.9. The number of aliphatic hydroxyl groups excluding tert-OH is 11. The van der Waals surface area contributed by atoms with Crippen molar-refractivity contribution in [2.24, 2.45) is 5.92 Å². The molecule has 62 heavy (non-hydrogen) atoms. The van der Waals surface area contributed by atoms with Crippen molar-refractivity contribution in [1.29, 1.82) is 0 Å². The van der Waals surface area contributed by atoms with Crippen LogP contribution in [0.3, 0.4) is 0 Å². The maximum atomic E-state index is 13.2. The van der Waals surface area contributed by atoms with E-state index >= 15 is 0 Å². The predicted octanol–water partition coefficient (Wildman–Crippen LogP) is -4.18. The molecule has 12 N–H and O–H groups in total. The monoisotopic (exact) mass is 888 g/mol. The van der Waals surface area contributed by atoms with Gasteiger partial charge in [-0.15, -0.1) is 0 Å². The summed E-state index contributed by atoms with van der Waals surface area (Å²) in [6, 6.07) is 11.8. The number of esters is 2. The summed E-state index contributed by atoms with van der Waals surface area (Å²) in [6.07, 6.45) is -24.2. The second-order valence-corrected chi connectivity index (χ2v) is 15.8. The minimum atomic E-state index is -2.25. The third-order valence-corrected chi connectivity index (χ3v) is 10.5. The zero-order valence-electron chi connectivity index (χ0n) is 33.8. The third kappa shape index (κ3) is 12.1. The summed E-state index contributed by atoms with van der Waals surface area (Å²) in [6.45, 7) is 1.00. The number of hydrogen-bond acceptors (Lipinski definition) is 22. The first-order valence-electron chi connectivity index (χ1n) is 19.8. The Morgan fingerprint density at radius 2 is 0.984 bits per heavy atom. The van der Waals surface area contributed by atoms with Crippen LogP contribution in [0.15, 0.2) is 48.5 Å². The van der Waals surface area contributed by atoms with Crippen LogP contribution < -0.4 is 9.47 Å². The molecule has 3 fully saturated rings. The fraction of sp³-hybridized carbons (Fsp3) is 0.650. The number of rotatable bonds is 18. The quantitative estimate of drug-likeness (QED) is 0.0632. The number of benzene rings is 2. The van der Waals surface area contributed by atoms with Gasteiger partial charge in [0.2, 0.25) is 12.6 Å². The summed E-state index contributed by atoms with van der Waals surface area (Å²) in [5.41, 5.74) is -1.34. The predicted molar refractivity (Wildman–Crippen MR) is 203 cm³/mol. The molecule has 0 radical (unpaired) electrons. The molecule has 0 amide bonds. The highest BCUT2D eigenvalue weighted by molar-refractivity contribution is 5.85. The molecule has 0 unspecified atom stereocenters. The van der Waals surface area contributed by atoms with Gasteiger partial charge >= 0.3 is 11.9 Å². The number of ether oxygens (including phenoxy) is 8. The first kappa shape index (κ1) is 49.4. The number of carbonyl (C=O) groups excluding carboxylic acids is 2. The van der Waals surface area contributed by atoms with E-state index in [0.29, 0.717) is 11.1 Å². The molecule has 22 nitrogen and oxygen atoms in total. The Kier molecular flexibility index (Phi) is 17.4. The van der Waals surface area contributed by atoms with Crippen molar-refractivity contribution >= 4 is 11.9 Å². The molecule has 0 aromatic heterocycles. The second kappa shape index (κ2) is 21.8. The molecule has 2 aromatic carbocycles. The van der Waals surface area contributed by atoms with E-state index in [9.17, 15) is 70.9 Å². The minimum absolute atomic E-state index is 0.108. The summed E-state index contributed by atoms with van der Waals surface area (Å²) >= 11 is 0. The third-order valence-electron chi connectivity index (χ3n) is 10.5. The number of hydrogen-bond donors (Lipinski definition) is 12.